The van der Waals surface area contributed by atoms with E-state index in [1.165, 1.54) is 33.1 Å². The molecule has 4 heteroatoms. The minimum absolute atomic E-state index is 0.899. The van der Waals surface area contributed by atoms with Gasteiger partial charge in [-0.15, -0.1) is 0 Å². The monoisotopic (exact) mass is 419 g/mol. The Morgan fingerprint density at radius 2 is 1.74 bits per heavy atom. The van der Waals surface area contributed by atoms with Crippen LogP contribution < -0.4 is 14.2 Å². The highest BCUT2D eigenvalue weighted by Gasteiger charge is 2.32. The van der Waals surface area contributed by atoms with Crippen molar-refractivity contribution in [3.63, 3.8) is 0 Å². The van der Waals surface area contributed by atoms with E-state index in [1.54, 1.807) is 7.11 Å². The summed E-state index contributed by atoms with van der Waals surface area (Å²) < 4.78 is 8.87. The molecule has 5 rings (SSSR count). The maximum Gasteiger partial charge on any atom is 0.285 e. The number of fused-ring (bicyclic) bond motifs is 6. The van der Waals surface area contributed by atoms with E-state index in [2.05, 4.69) is 80.0 Å². The Morgan fingerprint density at radius 3 is 2.52 bits per heavy atom. The maximum absolute atomic E-state index is 5.29. The lowest BCUT2D eigenvalue weighted by Gasteiger charge is -2.14. The Hall–Kier alpha value is -2.59. The summed E-state index contributed by atoms with van der Waals surface area (Å²) in [5, 5.41) is 3.92. The van der Waals surface area contributed by atoms with Crippen molar-refractivity contribution in [1.82, 2.24) is 0 Å². The van der Waals surface area contributed by atoms with Crippen LogP contribution in [0.1, 0.15) is 5.56 Å². The summed E-state index contributed by atoms with van der Waals surface area (Å²) >= 11 is 3.64. The van der Waals surface area contributed by atoms with Crippen LogP contribution in [0, 0.1) is 0 Å². The highest BCUT2D eigenvalue weighted by Crippen LogP contribution is 2.34. The molecule has 0 fully saturated rings. The second kappa shape index (κ2) is 6.54. The fourth-order valence-corrected chi connectivity index (χ4v) is 4.49. The van der Waals surface area contributed by atoms with Gasteiger partial charge in [-0.25, -0.2) is 4.57 Å². The van der Waals surface area contributed by atoms with Crippen LogP contribution in [0.5, 0.6) is 5.75 Å². The molecule has 0 spiro atoms. The van der Waals surface area contributed by atoms with E-state index in [-0.39, 0.29) is 0 Å². The van der Waals surface area contributed by atoms with Crippen molar-refractivity contribution in [2.45, 2.75) is 13.1 Å². The molecule has 0 saturated carbocycles. The molecule has 0 saturated heterocycles. The predicted octanol–water partition coefficient (Wildman–Crippen LogP) is 5.07. The van der Waals surface area contributed by atoms with Gasteiger partial charge < -0.3 is 4.74 Å². The molecule has 0 N–H and O–H groups in total. The first-order valence-corrected chi connectivity index (χ1v) is 9.95. The van der Waals surface area contributed by atoms with Crippen molar-refractivity contribution in [3.8, 4) is 5.75 Å². The normalized spacial score (nSPS) is 13.3. The van der Waals surface area contributed by atoms with Crippen molar-refractivity contribution < 1.29 is 9.30 Å². The van der Waals surface area contributed by atoms with Gasteiger partial charge >= 0.3 is 0 Å². The Kier molecular flexibility index (Phi) is 4.01. The molecular formula is C23H20BrN2O+. The standard InChI is InChI=1S/C23H20BrN2O/c1-27-18-9-6-16(7-10-18)15-25-12-13-26-22-11-8-17(24)14-21(22)19-4-2-3-5-20(19)23(25)26/h2-11,14H,12-13,15H2,1H3/q+1. The smallest absolute Gasteiger partial charge is 0.285 e. The number of nitrogens with zero attached hydrogens (tertiary/aromatic N) is 2. The molecule has 0 unspecified atom stereocenters. The van der Waals surface area contributed by atoms with Crippen LogP contribution in [0.3, 0.4) is 0 Å². The number of hydrogen-bond donors (Lipinski definition) is 0. The van der Waals surface area contributed by atoms with Gasteiger partial charge in [0.2, 0.25) is 0 Å². The van der Waals surface area contributed by atoms with E-state index in [9.17, 15) is 0 Å². The highest BCUT2D eigenvalue weighted by atomic mass is 79.9. The molecule has 0 amide bonds. The first-order chi connectivity index (χ1) is 13.2. The Balaban J connectivity index is 1.67. The van der Waals surface area contributed by atoms with Gasteiger partial charge in [0.25, 0.3) is 5.82 Å². The molecule has 0 atom stereocenters. The lowest BCUT2D eigenvalue weighted by atomic mass is 10.1. The summed E-state index contributed by atoms with van der Waals surface area (Å²) in [6.07, 6.45) is 0. The Labute approximate surface area is 166 Å². The number of halogens is 1. The van der Waals surface area contributed by atoms with Gasteiger partial charge in [0.15, 0.2) is 0 Å². The van der Waals surface area contributed by atoms with E-state index in [4.69, 9.17) is 4.74 Å². The maximum atomic E-state index is 5.29. The third-order valence-corrected chi connectivity index (χ3v) is 5.88. The van der Waals surface area contributed by atoms with Crippen LogP contribution in [-0.2, 0) is 13.1 Å². The number of ether oxygens (including phenoxy) is 1. The third-order valence-electron chi connectivity index (χ3n) is 5.39. The molecule has 0 aliphatic carbocycles. The van der Waals surface area contributed by atoms with Crippen LogP contribution >= 0.6 is 15.9 Å². The molecule has 0 radical (unpaired) electrons. The van der Waals surface area contributed by atoms with Gasteiger partial charge in [-0.05, 0) is 42.0 Å². The summed E-state index contributed by atoms with van der Waals surface area (Å²) in [6.45, 7) is 2.93. The molecule has 0 bridgehead atoms. The fourth-order valence-electron chi connectivity index (χ4n) is 4.13. The third kappa shape index (κ3) is 2.76. The van der Waals surface area contributed by atoms with Crippen LogP contribution in [0.2, 0.25) is 0 Å². The van der Waals surface area contributed by atoms with Gasteiger partial charge in [0.1, 0.15) is 30.9 Å². The van der Waals surface area contributed by atoms with Gasteiger partial charge in [-0.1, -0.05) is 46.3 Å². The van der Waals surface area contributed by atoms with Gasteiger partial charge in [0.05, 0.1) is 12.5 Å². The fraction of sp³-hybridized carbons (Fsp3) is 0.174. The summed E-state index contributed by atoms with van der Waals surface area (Å²) in [6, 6.07) is 23.7. The lowest BCUT2D eigenvalue weighted by molar-refractivity contribution is -0.643. The summed E-state index contributed by atoms with van der Waals surface area (Å²) in [5.41, 5.74) is 2.59. The largest absolute Gasteiger partial charge is 0.497 e. The molecule has 3 aromatic carbocycles. The minimum atomic E-state index is 0.899. The zero-order chi connectivity index (χ0) is 18.4. The molecule has 1 aliphatic rings. The van der Waals surface area contributed by atoms with Crippen molar-refractivity contribution in [2.24, 2.45) is 0 Å². The number of aromatic nitrogens is 1. The topological polar surface area (TPSA) is 16.4 Å². The number of benzene rings is 3. The number of hydrogen-bond acceptors (Lipinski definition) is 2. The SMILES string of the molecule is COc1ccc(CN2CC[n+]3c2c2ccccc2c2cc(Br)ccc23)cc1. The minimum Gasteiger partial charge on any atom is -0.497 e. The van der Waals surface area contributed by atoms with Gasteiger partial charge in [0, 0.05) is 15.2 Å². The molecule has 2 heterocycles. The van der Waals surface area contributed by atoms with E-state index in [0.29, 0.717) is 0 Å². The quantitative estimate of drug-likeness (QED) is 0.340. The number of methoxy groups -OCH3 is 1. The average molecular weight is 420 g/mol. The zero-order valence-corrected chi connectivity index (χ0v) is 16.7. The lowest BCUT2D eigenvalue weighted by Crippen LogP contribution is -2.32. The second-order valence-corrected chi connectivity index (χ2v) is 7.87. The average Bonchev–Trinajstić information content (AvgIpc) is 3.12. The predicted molar refractivity (Wildman–Crippen MR) is 113 cm³/mol. The first-order valence-electron chi connectivity index (χ1n) is 9.16. The molecule has 4 aromatic rings. The van der Waals surface area contributed by atoms with Crippen LogP contribution in [0.25, 0.3) is 21.7 Å². The van der Waals surface area contributed by atoms with Crippen molar-refractivity contribution in [3.05, 3.63) is 76.8 Å². The molecule has 1 aromatic heterocycles. The van der Waals surface area contributed by atoms with Crippen LogP contribution in [-0.4, -0.2) is 13.7 Å². The summed E-state index contributed by atoms with van der Waals surface area (Å²) in [4.78, 5) is 2.49. The summed E-state index contributed by atoms with van der Waals surface area (Å²) in [7, 11) is 1.71. The number of rotatable bonds is 3. The number of pyridine rings is 1. The van der Waals surface area contributed by atoms with Gasteiger partial charge in [-0.2, -0.15) is 0 Å². The van der Waals surface area contributed by atoms with Gasteiger partial charge in [-0.3, -0.25) is 4.90 Å². The van der Waals surface area contributed by atoms with Crippen molar-refractivity contribution in [1.29, 1.82) is 0 Å². The van der Waals surface area contributed by atoms with Crippen molar-refractivity contribution in [2.75, 3.05) is 18.6 Å². The van der Waals surface area contributed by atoms with Crippen molar-refractivity contribution >= 4 is 43.4 Å². The molecular weight excluding hydrogens is 400 g/mol. The number of anilines is 1. The van der Waals surface area contributed by atoms with E-state index in [1.807, 2.05) is 12.1 Å². The van der Waals surface area contributed by atoms with E-state index >= 15 is 0 Å². The van der Waals surface area contributed by atoms with Crippen LogP contribution in [0.4, 0.5) is 5.82 Å². The molecule has 134 valence electrons. The molecule has 27 heavy (non-hydrogen) atoms. The molecule has 1 aliphatic heterocycles. The molecule has 3 nitrogen and oxygen atoms in total. The summed E-state index contributed by atoms with van der Waals surface area (Å²) in [5.74, 6) is 2.22. The van der Waals surface area contributed by atoms with E-state index in [0.717, 1.165) is 29.9 Å². The van der Waals surface area contributed by atoms with Crippen LogP contribution in [0.15, 0.2) is 71.2 Å². The zero-order valence-electron chi connectivity index (χ0n) is 15.2. The first kappa shape index (κ1) is 16.6. The highest BCUT2D eigenvalue weighted by molar-refractivity contribution is 9.10. The van der Waals surface area contributed by atoms with E-state index < -0.39 is 0 Å². The Morgan fingerprint density at radius 1 is 0.963 bits per heavy atom. The Bertz CT molecular complexity index is 1150. The second-order valence-electron chi connectivity index (χ2n) is 6.95.